The summed E-state index contributed by atoms with van der Waals surface area (Å²) in [6.45, 7) is -0.386. The van der Waals surface area contributed by atoms with Crippen molar-refractivity contribution in [3.8, 4) is 0 Å². The zero-order valence-corrected chi connectivity index (χ0v) is 14.7. The van der Waals surface area contributed by atoms with E-state index in [4.69, 9.17) is 0 Å². The van der Waals surface area contributed by atoms with Gasteiger partial charge in [-0.25, -0.2) is 12.8 Å². The third-order valence-corrected chi connectivity index (χ3v) is 5.61. The number of halogens is 1. The van der Waals surface area contributed by atoms with Crippen molar-refractivity contribution in [3.05, 3.63) is 66.6 Å². The number of para-hydroxylation sites is 1. The molecule has 1 N–H and O–H groups in total. The van der Waals surface area contributed by atoms with Crippen LogP contribution in [0.15, 0.2) is 65.7 Å². The van der Waals surface area contributed by atoms with E-state index in [-0.39, 0.29) is 11.4 Å². The number of sulfonamides is 1. The van der Waals surface area contributed by atoms with Crippen LogP contribution in [0.25, 0.3) is 10.9 Å². The standard InChI is InChI=1S/C18H16FN3O3S/c1-22(26(24,25)15-9-7-14(19)8-10-15)12-17(23)21-16-6-2-4-13-5-3-11-20-18(13)16/h2-11H,12H2,1H3,(H,21,23). The maximum atomic E-state index is 13.0. The molecule has 0 radical (unpaired) electrons. The molecule has 3 aromatic rings. The SMILES string of the molecule is CN(CC(=O)Nc1cccc2cccnc12)S(=O)(=O)c1ccc(F)cc1. The largest absolute Gasteiger partial charge is 0.323 e. The first kappa shape index (κ1) is 18.0. The van der Waals surface area contributed by atoms with E-state index >= 15 is 0 Å². The van der Waals surface area contributed by atoms with Gasteiger partial charge < -0.3 is 5.32 Å². The minimum Gasteiger partial charge on any atom is -0.323 e. The number of pyridine rings is 1. The molecule has 134 valence electrons. The van der Waals surface area contributed by atoms with Crippen LogP contribution in [0.4, 0.5) is 10.1 Å². The van der Waals surface area contributed by atoms with Gasteiger partial charge in [0, 0.05) is 18.6 Å². The van der Waals surface area contributed by atoms with Gasteiger partial charge in [0.2, 0.25) is 15.9 Å². The van der Waals surface area contributed by atoms with Gasteiger partial charge in [0.05, 0.1) is 22.6 Å². The highest BCUT2D eigenvalue weighted by atomic mass is 32.2. The van der Waals surface area contributed by atoms with Crippen molar-refractivity contribution in [1.29, 1.82) is 0 Å². The Morgan fingerprint density at radius 2 is 1.81 bits per heavy atom. The summed E-state index contributed by atoms with van der Waals surface area (Å²) in [5.41, 5.74) is 1.12. The monoisotopic (exact) mass is 373 g/mol. The van der Waals surface area contributed by atoms with Crippen LogP contribution in [0.3, 0.4) is 0 Å². The number of amides is 1. The van der Waals surface area contributed by atoms with Gasteiger partial charge in [-0.05, 0) is 36.4 Å². The van der Waals surface area contributed by atoms with Gasteiger partial charge in [-0.2, -0.15) is 4.31 Å². The van der Waals surface area contributed by atoms with Crippen LogP contribution in [-0.4, -0.2) is 37.2 Å². The number of fused-ring (bicyclic) bond motifs is 1. The van der Waals surface area contributed by atoms with E-state index in [1.807, 2.05) is 12.1 Å². The molecule has 0 saturated heterocycles. The summed E-state index contributed by atoms with van der Waals surface area (Å²) in [4.78, 5) is 16.4. The summed E-state index contributed by atoms with van der Waals surface area (Å²) in [5.74, 6) is -1.04. The normalized spacial score (nSPS) is 11.7. The molecule has 0 aliphatic rings. The van der Waals surface area contributed by atoms with Crippen LogP contribution >= 0.6 is 0 Å². The molecule has 0 atom stereocenters. The molecule has 26 heavy (non-hydrogen) atoms. The number of rotatable bonds is 5. The van der Waals surface area contributed by atoms with Gasteiger partial charge in [0.25, 0.3) is 0 Å². The van der Waals surface area contributed by atoms with Crippen molar-refractivity contribution in [1.82, 2.24) is 9.29 Å². The van der Waals surface area contributed by atoms with Gasteiger partial charge in [0.1, 0.15) is 5.82 Å². The number of benzene rings is 2. The molecule has 0 spiro atoms. The average Bonchev–Trinajstić information content (AvgIpc) is 2.62. The number of aromatic nitrogens is 1. The average molecular weight is 373 g/mol. The van der Waals surface area contributed by atoms with Crippen LogP contribution in [0.1, 0.15) is 0 Å². The lowest BCUT2D eigenvalue weighted by Crippen LogP contribution is -2.35. The van der Waals surface area contributed by atoms with Crippen LogP contribution in [0.2, 0.25) is 0 Å². The summed E-state index contributed by atoms with van der Waals surface area (Å²) < 4.78 is 38.8. The Morgan fingerprint density at radius 3 is 2.54 bits per heavy atom. The van der Waals surface area contributed by atoms with Crippen molar-refractivity contribution in [2.75, 3.05) is 18.9 Å². The van der Waals surface area contributed by atoms with Gasteiger partial charge in [-0.15, -0.1) is 0 Å². The molecule has 0 bridgehead atoms. The second kappa shape index (κ2) is 7.19. The lowest BCUT2D eigenvalue weighted by molar-refractivity contribution is -0.116. The molecule has 0 saturated carbocycles. The fraction of sp³-hybridized carbons (Fsp3) is 0.111. The summed E-state index contributed by atoms with van der Waals surface area (Å²) in [5, 5.41) is 3.54. The maximum Gasteiger partial charge on any atom is 0.243 e. The predicted molar refractivity (Wildman–Crippen MR) is 96.6 cm³/mol. The molecular formula is C18H16FN3O3S. The second-order valence-corrected chi connectivity index (χ2v) is 7.69. The lowest BCUT2D eigenvalue weighted by atomic mass is 10.2. The minimum atomic E-state index is -3.90. The number of carbonyl (C=O) groups excluding carboxylic acids is 1. The first-order chi connectivity index (χ1) is 12.4. The summed E-state index contributed by atoms with van der Waals surface area (Å²) in [7, 11) is -2.60. The number of nitrogens with one attached hydrogen (secondary N) is 1. The Morgan fingerprint density at radius 1 is 1.12 bits per heavy atom. The van der Waals surface area contributed by atoms with E-state index < -0.39 is 21.7 Å². The summed E-state index contributed by atoms with van der Waals surface area (Å²) >= 11 is 0. The van der Waals surface area contributed by atoms with E-state index in [1.165, 1.54) is 7.05 Å². The Bertz CT molecular complexity index is 1050. The van der Waals surface area contributed by atoms with Gasteiger partial charge in [0.15, 0.2) is 0 Å². The first-order valence-electron chi connectivity index (χ1n) is 7.73. The quantitative estimate of drug-likeness (QED) is 0.746. The smallest absolute Gasteiger partial charge is 0.243 e. The molecule has 1 heterocycles. The van der Waals surface area contributed by atoms with Gasteiger partial charge in [-0.1, -0.05) is 18.2 Å². The van der Waals surface area contributed by atoms with E-state index in [0.717, 1.165) is 34.0 Å². The van der Waals surface area contributed by atoms with Crippen LogP contribution < -0.4 is 5.32 Å². The number of carbonyl (C=O) groups is 1. The molecule has 0 unspecified atom stereocenters. The summed E-state index contributed by atoms with van der Waals surface area (Å²) in [6, 6.07) is 13.4. The topological polar surface area (TPSA) is 79.4 Å². The zero-order valence-electron chi connectivity index (χ0n) is 13.9. The van der Waals surface area contributed by atoms with E-state index in [9.17, 15) is 17.6 Å². The number of nitrogens with zero attached hydrogens (tertiary/aromatic N) is 2. The Kier molecular flexibility index (Phi) is 4.97. The van der Waals surface area contributed by atoms with Crippen molar-refractivity contribution in [2.45, 2.75) is 4.90 Å². The Hall–Kier alpha value is -2.84. The fourth-order valence-corrected chi connectivity index (χ4v) is 3.60. The Labute approximate surface area is 150 Å². The Balaban J connectivity index is 1.76. The van der Waals surface area contributed by atoms with Gasteiger partial charge in [-0.3, -0.25) is 9.78 Å². The van der Waals surface area contributed by atoms with E-state index in [0.29, 0.717) is 11.2 Å². The van der Waals surface area contributed by atoms with Crippen LogP contribution in [-0.2, 0) is 14.8 Å². The molecule has 8 heteroatoms. The second-order valence-electron chi connectivity index (χ2n) is 5.64. The van der Waals surface area contributed by atoms with Crippen molar-refractivity contribution in [3.63, 3.8) is 0 Å². The summed E-state index contributed by atoms with van der Waals surface area (Å²) in [6.07, 6.45) is 1.61. The molecular weight excluding hydrogens is 357 g/mol. The molecule has 6 nitrogen and oxygen atoms in total. The third-order valence-electron chi connectivity index (χ3n) is 3.79. The van der Waals surface area contributed by atoms with Crippen molar-refractivity contribution < 1.29 is 17.6 Å². The zero-order chi connectivity index (χ0) is 18.7. The highest BCUT2D eigenvalue weighted by molar-refractivity contribution is 7.89. The van der Waals surface area contributed by atoms with Crippen molar-refractivity contribution in [2.24, 2.45) is 0 Å². The highest BCUT2D eigenvalue weighted by Crippen LogP contribution is 2.21. The third kappa shape index (κ3) is 3.71. The molecule has 0 fully saturated rings. The van der Waals surface area contributed by atoms with Gasteiger partial charge >= 0.3 is 0 Å². The van der Waals surface area contributed by atoms with E-state index in [1.54, 1.807) is 24.4 Å². The number of hydrogen-bond donors (Lipinski definition) is 1. The molecule has 1 amide bonds. The van der Waals surface area contributed by atoms with E-state index in [2.05, 4.69) is 10.3 Å². The lowest BCUT2D eigenvalue weighted by Gasteiger charge is -2.17. The molecule has 0 aliphatic heterocycles. The van der Waals surface area contributed by atoms with Crippen LogP contribution in [0.5, 0.6) is 0 Å². The number of hydrogen-bond acceptors (Lipinski definition) is 4. The fourth-order valence-electron chi connectivity index (χ4n) is 2.47. The maximum absolute atomic E-state index is 13.0. The van der Waals surface area contributed by atoms with Crippen LogP contribution in [0, 0.1) is 5.82 Å². The number of anilines is 1. The molecule has 0 aliphatic carbocycles. The molecule has 2 aromatic carbocycles. The van der Waals surface area contributed by atoms with Crippen molar-refractivity contribution >= 4 is 32.5 Å². The predicted octanol–water partition coefficient (Wildman–Crippen LogP) is 2.63. The first-order valence-corrected chi connectivity index (χ1v) is 9.17. The number of likely N-dealkylation sites (N-methyl/N-ethyl adjacent to an activating group) is 1. The molecule has 1 aromatic heterocycles. The highest BCUT2D eigenvalue weighted by Gasteiger charge is 2.23. The minimum absolute atomic E-state index is 0.0824. The molecule has 3 rings (SSSR count).